The number of alkyl halides is 2. The van der Waals surface area contributed by atoms with Gasteiger partial charge in [-0.1, -0.05) is 31.0 Å². The number of nitrogens with two attached hydrogens (primary N) is 1. The van der Waals surface area contributed by atoms with E-state index in [-0.39, 0.29) is 22.9 Å². The van der Waals surface area contributed by atoms with Gasteiger partial charge in [-0.25, -0.2) is 4.68 Å². The Morgan fingerprint density at radius 3 is 2.56 bits per heavy atom. The first-order valence-corrected chi connectivity index (χ1v) is 12.4. The third-order valence-corrected chi connectivity index (χ3v) is 7.36. The van der Waals surface area contributed by atoms with Crippen LogP contribution in [0.25, 0.3) is 11.4 Å². The average Bonchev–Trinajstić information content (AvgIpc) is 3.23. The van der Waals surface area contributed by atoms with Crippen molar-refractivity contribution in [1.29, 1.82) is 0 Å². The van der Waals surface area contributed by atoms with Gasteiger partial charge in [-0.3, -0.25) is 9.69 Å². The molecule has 0 radical (unpaired) electrons. The summed E-state index contributed by atoms with van der Waals surface area (Å²) < 4.78 is 35.8. The molecule has 1 amide bonds. The molecule has 4 rings (SSSR count). The van der Waals surface area contributed by atoms with Crippen LogP contribution < -0.4 is 15.9 Å². The Bertz CT molecular complexity index is 947. The number of aromatic nitrogens is 3. The minimum atomic E-state index is -2.89. The lowest BCUT2D eigenvalue weighted by Gasteiger charge is -2.48. The summed E-state index contributed by atoms with van der Waals surface area (Å²) in [7, 11) is 0. The van der Waals surface area contributed by atoms with E-state index in [0.29, 0.717) is 23.1 Å². The standard InChI is InChI=1S/C22H30F2N6O3S/c23-20(24)33-17-6-4-16(5-7-17)19-27-28-21(30(19)25)34-14-18(31)26-15-22(8-2-1-3-9-22)29-10-12-32-13-11-29/h4-7,20H,1-3,8-15,25H2,(H,26,31). The molecule has 0 bridgehead atoms. The molecule has 34 heavy (non-hydrogen) atoms. The summed E-state index contributed by atoms with van der Waals surface area (Å²) in [5, 5.41) is 11.7. The molecule has 1 aromatic heterocycles. The number of carbonyl (C=O) groups excluding carboxylic acids is 1. The average molecular weight is 497 g/mol. The van der Waals surface area contributed by atoms with Gasteiger partial charge in [0.15, 0.2) is 5.82 Å². The smallest absolute Gasteiger partial charge is 0.387 e. The molecular formula is C22H30F2N6O3S. The third-order valence-electron chi connectivity index (χ3n) is 6.42. The molecule has 2 fully saturated rings. The van der Waals surface area contributed by atoms with Crippen LogP contribution in [0.3, 0.4) is 0 Å². The number of nitrogen functional groups attached to an aromatic ring is 1. The van der Waals surface area contributed by atoms with Crippen molar-refractivity contribution in [3.63, 3.8) is 0 Å². The van der Waals surface area contributed by atoms with Crippen LogP contribution in [0, 0.1) is 0 Å². The van der Waals surface area contributed by atoms with Crippen LogP contribution in [-0.4, -0.2) is 76.4 Å². The van der Waals surface area contributed by atoms with E-state index < -0.39 is 6.61 Å². The number of hydrogen-bond donors (Lipinski definition) is 2. The summed E-state index contributed by atoms with van der Waals surface area (Å²) in [4.78, 5) is 15.1. The zero-order valence-corrected chi connectivity index (χ0v) is 19.7. The minimum Gasteiger partial charge on any atom is -0.435 e. The molecule has 1 saturated carbocycles. The van der Waals surface area contributed by atoms with Gasteiger partial charge in [-0.2, -0.15) is 8.78 Å². The molecule has 0 spiro atoms. The fourth-order valence-corrected chi connectivity index (χ4v) is 5.34. The SMILES string of the molecule is Nn1c(SCC(=O)NCC2(N3CCOCC3)CCCCC2)nnc1-c1ccc(OC(F)F)cc1. The van der Waals surface area contributed by atoms with Gasteiger partial charge in [0, 0.05) is 30.7 Å². The van der Waals surface area contributed by atoms with Gasteiger partial charge in [0.1, 0.15) is 5.75 Å². The van der Waals surface area contributed by atoms with E-state index >= 15 is 0 Å². The number of ether oxygens (including phenoxy) is 2. The molecule has 1 aromatic carbocycles. The van der Waals surface area contributed by atoms with Gasteiger partial charge in [0.05, 0.1) is 19.0 Å². The first kappa shape index (κ1) is 24.7. The number of morpholine rings is 1. The van der Waals surface area contributed by atoms with Crippen molar-refractivity contribution in [2.24, 2.45) is 0 Å². The summed E-state index contributed by atoms with van der Waals surface area (Å²) in [5.41, 5.74) is 0.599. The van der Waals surface area contributed by atoms with Crippen molar-refractivity contribution in [2.75, 3.05) is 44.4 Å². The lowest BCUT2D eigenvalue weighted by Crippen LogP contribution is -2.59. The maximum Gasteiger partial charge on any atom is 0.387 e. The number of thioether (sulfide) groups is 1. The Balaban J connectivity index is 1.32. The molecule has 3 N–H and O–H groups in total. The minimum absolute atomic E-state index is 0.00358. The quantitative estimate of drug-likeness (QED) is 0.403. The monoisotopic (exact) mass is 496 g/mol. The number of hydrogen-bond acceptors (Lipinski definition) is 8. The van der Waals surface area contributed by atoms with Crippen molar-refractivity contribution in [3.05, 3.63) is 24.3 Å². The van der Waals surface area contributed by atoms with Gasteiger partial charge >= 0.3 is 6.61 Å². The molecular weight excluding hydrogens is 466 g/mol. The molecule has 2 heterocycles. The number of halogens is 2. The van der Waals surface area contributed by atoms with E-state index in [0.717, 1.165) is 39.1 Å². The van der Waals surface area contributed by atoms with Crippen molar-refractivity contribution < 1.29 is 23.0 Å². The zero-order valence-electron chi connectivity index (χ0n) is 18.9. The number of benzene rings is 1. The molecule has 1 aliphatic heterocycles. The summed E-state index contributed by atoms with van der Waals surface area (Å²) >= 11 is 1.20. The molecule has 0 atom stereocenters. The van der Waals surface area contributed by atoms with Crippen LogP contribution >= 0.6 is 11.8 Å². The van der Waals surface area contributed by atoms with E-state index in [9.17, 15) is 13.6 Å². The van der Waals surface area contributed by atoms with Gasteiger partial charge < -0.3 is 20.6 Å². The lowest BCUT2D eigenvalue weighted by atomic mass is 9.79. The van der Waals surface area contributed by atoms with Gasteiger partial charge in [0.2, 0.25) is 11.1 Å². The van der Waals surface area contributed by atoms with Crippen LogP contribution in [0.1, 0.15) is 32.1 Å². The highest BCUT2D eigenvalue weighted by Crippen LogP contribution is 2.34. The topological polar surface area (TPSA) is 108 Å². The van der Waals surface area contributed by atoms with Crippen molar-refractivity contribution in [3.8, 4) is 17.1 Å². The summed E-state index contributed by atoms with van der Waals surface area (Å²) in [5.74, 6) is 6.60. The van der Waals surface area contributed by atoms with Gasteiger partial charge in [-0.15, -0.1) is 10.2 Å². The maximum atomic E-state index is 12.6. The highest BCUT2D eigenvalue weighted by Gasteiger charge is 2.38. The van der Waals surface area contributed by atoms with E-state index in [2.05, 4.69) is 25.2 Å². The van der Waals surface area contributed by atoms with Crippen molar-refractivity contribution in [1.82, 2.24) is 25.1 Å². The van der Waals surface area contributed by atoms with Crippen LogP contribution in [0.15, 0.2) is 29.4 Å². The fourth-order valence-electron chi connectivity index (χ4n) is 4.65. The van der Waals surface area contributed by atoms with Crippen molar-refractivity contribution >= 4 is 17.7 Å². The molecule has 186 valence electrons. The highest BCUT2D eigenvalue weighted by atomic mass is 32.2. The Kier molecular flexibility index (Phi) is 8.22. The second-order valence-electron chi connectivity index (χ2n) is 8.53. The third kappa shape index (κ3) is 5.97. The summed E-state index contributed by atoms with van der Waals surface area (Å²) in [6, 6.07) is 5.96. The molecule has 0 unspecified atom stereocenters. The van der Waals surface area contributed by atoms with Crippen LogP contribution in [0.5, 0.6) is 5.75 Å². The Labute approximate surface area is 201 Å². The molecule has 9 nitrogen and oxygen atoms in total. The number of nitrogens with zero attached hydrogens (tertiary/aromatic N) is 4. The Hall–Kier alpha value is -2.44. The summed E-state index contributed by atoms with van der Waals surface area (Å²) in [6.07, 6.45) is 5.77. The number of rotatable bonds is 9. The van der Waals surface area contributed by atoms with Crippen LogP contribution in [0.2, 0.25) is 0 Å². The highest BCUT2D eigenvalue weighted by molar-refractivity contribution is 7.99. The first-order chi connectivity index (χ1) is 16.5. The molecule has 12 heteroatoms. The van der Waals surface area contributed by atoms with E-state index in [1.807, 2.05) is 0 Å². The second kappa shape index (κ2) is 11.3. The maximum absolute atomic E-state index is 12.6. The molecule has 1 saturated heterocycles. The second-order valence-corrected chi connectivity index (χ2v) is 9.47. The summed E-state index contributed by atoms with van der Waals surface area (Å²) in [6.45, 7) is 1.02. The molecule has 1 aliphatic carbocycles. The Morgan fingerprint density at radius 2 is 1.88 bits per heavy atom. The predicted octanol–water partition coefficient (Wildman–Crippen LogP) is 2.50. The molecule has 2 aromatic rings. The zero-order chi connectivity index (χ0) is 24.0. The van der Waals surface area contributed by atoms with Crippen LogP contribution in [0.4, 0.5) is 8.78 Å². The number of amides is 1. The largest absolute Gasteiger partial charge is 0.435 e. The van der Waals surface area contributed by atoms with E-state index in [1.165, 1.54) is 47.8 Å². The fraction of sp³-hybridized carbons (Fsp3) is 0.591. The van der Waals surface area contributed by atoms with Crippen molar-refractivity contribution in [2.45, 2.75) is 49.4 Å². The number of carbonyl (C=O) groups is 1. The molecule has 2 aliphatic rings. The van der Waals surface area contributed by atoms with E-state index in [4.69, 9.17) is 10.6 Å². The lowest BCUT2D eigenvalue weighted by molar-refractivity contribution is -0.119. The van der Waals surface area contributed by atoms with Crippen LogP contribution in [-0.2, 0) is 9.53 Å². The number of nitrogens with one attached hydrogen (secondary N) is 1. The predicted molar refractivity (Wildman–Crippen MR) is 124 cm³/mol. The van der Waals surface area contributed by atoms with Gasteiger partial charge in [0.25, 0.3) is 0 Å². The van der Waals surface area contributed by atoms with Gasteiger partial charge in [-0.05, 0) is 37.1 Å². The van der Waals surface area contributed by atoms with E-state index in [1.54, 1.807) is 12.1 Å². The first-order valence-electron chi connectivity index (χ1n) is 11.4. The Morgan fingerprint density at radius 1 is 1.18 bits per heavy atom. The normalized spacial score (nSPS) is 18.7.